The van der Waals surface area contributed by atoms with Crippen LogP contribution >= 0.6 is 15.6 Å². The van der Waals surface area contributed by atoms with Gasteiger partial charge in [0.1, 0.15) is 19.3 Å². The van der Waals surface area contributed by atoms with E-state index < -0.39 is 97.5 Å². The second-order valence-electron chi connectivity index (χ2n) is 27.2. The minimum atomic E-state index is -4.95. The zero-order valence-electron chi connectivity index (χ0n) is 60.4. The van der Waals surface area contributed by atoms with Crippen LogP contribution in [0.1, 0.15) is 388 Å². The molecular weight excluding hydrogens is 1220 g/mol. The topological polar surface area (TPSA) is 237 Å². The Morgan fingerprint density at radius 2 is 0.495 bits per heavy atom. The molecule has 0 aromatic rings. The minimum Gasteiger partial charge on any atom is -0.462 e. The van der Waals surface area contributed by atoms with Crippen molar-refractivity contribution in [2.24, 2.45) is 5.92 Å². The van der Waals surface area contributed by atoms with Crippen molar-refractivity contribution in [3.63, 3.8) is 0 Å². The van der Waals surface area contributed by atoms with Crippen molar-refractivity contribution in [2.75, 3.05) is 39.6 Å². The summed E-state index contributed by atoms with van der Waals surface area (Å²) >= 11 is 0. The molecule has 17 nitrogen and oxygen atoms in total. The van der Waals surface area contributed by atoms with Crippen LogP contribution in [0.5, 0.6) is 0 Å². The van der Waals surface area contributed by atoms with Crippen molar-refractivity contribution < 1.29 is 80.2 Å². The van der Waals surface area contributed by atoms with Crippen LogP contribution in [-0.4, -0.2) is 96.7 Å². The van der Waals surface area contributed by atoms with Gasteiger partial charge in [0, 0.05) is 25.7 Å². The first-order valence-corrected chi connectivity index (χ1v) is 41.6. The molecule has 0 saturated carbocycles. The molecular formula is C74H144O17P2. The zero-order valence-corrected chi connectivity index (χ0v) is 62.2. The first-order chi connectivity index (χ1) is 45.0. The van der Waals surface area contributed by atoms with Gasteiger partial charge < -0.3 is 33.8 Å². The van der Waals surface area contributed by atoms with Gasteiger partial charge in [0.25, 0.3) is 0 Å². The molecule has 3 N–H and O–H groups in total. The van der Waals surface area contributed by atoms with Crippen molar-refractivity contribution in [3.05, 3.63) is 0 Å². The first kappa shape index (κ1) is 91.1. The third-order valence-corrected chi connectivity index (χ3v) is 19.2. The lowest BCUT2D eigenvalue weighted by atomic mass is 10.0. The van der Waals surface area contributed by atoms with E-state index in [1.54, 1.807) is 0 Å². The molecule has 0 aliphatic heterocycles. The summed E-state index contributed by atoms with van der Waals surface area (Å²) < 4.78 is 68.2. The second-order valence-corrected chi connectivity index (χ2v) is 30.1. The van der Waals surface area contributed by atoms with Crippen molar-refractivity contribution in [3.8, 4) is 0 Å². The Bertz CT molecular complexity index is 1790. The van der Waals surface area contributed by atoms with Crippen LogP contribution in [-0.2, 0) is 65.4 Å². The summed E-state index contributed by atoms with van der Waals surface area (Å²) in [5.74, 6) is -1.36. The third kappa shape index (κ3) is 68.4. The highest BCUT2D eigenvalue weighted by Crippen LogP contribution is 2.45. The summed E-state index contributed by atoms with van der Waals surface area (Å²) in [6, 6.07) is 0. The van der Waals surface area contributed by atoms with E-state index in [4.69, 9.17) is 37.0 Å². The van der Waals surface area contributed by atoms with E-state index >= 15 is 0 Å². The number of aliphatic hydroxyl groups is 1. The van der Waals surface area contributed by atoms with Crippen LogP contribution in [0.15, 0.2) is 0 Å². The van der Waals surface area contributed by atoms with Crippen molar-refractivity contribution >= 4 is 39.5 Å². The Hall–Kier alpha value is -1.94. The van der Waals surface area contributed by atoms with Gasteiger partial charge in [-0.25, -0.2) is 9.13 Å². The average Bonchev–Trinajstić information content (AvgIpc) is 1.70. The molecule has 0 aliphatic rings. The van der Waals surface area contributed by atoms with E-state index in [-0.39, 0.29) is 25.7 Å². The largest absolute Gasteiger partial charge is 0.472 e. The molecule has 552 valence electrons. The molecule has 93 heavy (non-hydrogen) atoms. The molecule has 0 radical (unpaired) electrons. The quantitative estimate of drug-likeness (QED) is 0.0222. The summed E-state index contributed by atoms with van der Waals surface area (Å²) in [6.07, 6.45) is 55.9. The van der Waals surface area contributed by atoms with Crippen LogP contribution in [0.2, 0.25) is 0 Å². The molecule has 0 fully saturated rings. The second kappa shape index (κ2) is 67.3. The number of ether oxygens (including phenoxy) is 4. The summed E-state index contributed by atoms with van der Waals surface area (Å²) in [7, 11) is -9.90. The molecule has 0 saturated heterocycles. The van der Waals surface area contributed by atoms with Crippen molar-refractivity contribution in [2.45, 2.75) is 406 Å². The number of rotatable bonds is 74. The number of aliphatic hydroxyl groups excluding tert-OH is 1. The number of hydrogen-bond donors (Lipinski definition) is 3. The van der Waals surface area contributed by atoms with E-state index in [0.717, 1.165) is 102 Å². The lowest BCUT2D eigenvalue weighted by Crippen LogP contribution is -2.30. The van der Waals surface area contributed by atoms with E-state index in [2.05, 4.69) is 34.6 Å². The summed E-state index contributed by atoms with van der Waals surface area (Å²) in [4.78, 5) is 72.5. The predicted octanol–water partition coefficient (Wildman–Crippen LogP) is 21.7. The molecule has 0 aliphatic carbocycles. The zero-order chi connectivity index (χ0) is 68.4. The Balaban J connectivity index is 5.14. The van der Waals surface area contributed by atoms with Crippen LogP contribution in [0, 0.1) is 5.92 Å². The van der Waals surface area contributed by atoms with E-state index in [9.17, 15) is 43.2 Å². The lowest BCUT2D eigenvalue weighted by Gasteiger charge is -2.21. The SMILES string of the molecule is CCCCCCCCCCCCCCCCCCCCC(=O)O[C@H](COC(=O)CCCCCCCCCCCCCCCCCC)COP(=O)(O)OC[C@@H](O)COP(=O)(O)OC[C@@H](COC(=O)CCCCCCC)OC(=O)CCCCCCCCCCCCCC(C)C. The Morgan fingerprint density at radius 3 is 0.731 bits per heavy atom. The summed E-state index contributed by atoms with van der Waals surface area (Å²) in [5.41, 5.74) is 0. The van der Waals surface area contributed by atoms with Crippen LogP contribution in [0.25, 0.3) is 0 Å². The van der Waals surface area contributed by atoms with Crippen molar-refractivity contribution in [1.82, 2.24) is 0 Å². The molecule has 5 atom stereocenters. The van der Waals surface area contributed by atoms with E-state index in [1.807, 2.05) is 0 Å². The van der Waals surface area contributed by atoms with Crippen LogP contribution in [0.3, 0.4) is 0 Å². The monoisotopic (exact) mass is 1370 g/mol. The van der Waals surface area contributed by atoms with Gasteiger partial charge in [0.2, 0.25) is 0 Å². The maximum absolute atomic E-state index is 13.1. The van der Waals surface area contributed by atoms with Gasteiger partial charge in [0.05, 0.1) is 26.4 Å². The smallest absolute Gasteiger partial charge is 0.462 e. The van der Waals surface area contributed by atoms with Gasteiger partial charge in [-0.15, -0.1) is 0 Å². The minimum absolute atomic E-state index is 0.106. The summed E-state index contributed by atoms with van der Waals surface area (Å²) in [5, 5.41) is 10.6. The number of carbonyl (C=O) groups excluding carboxylic acids is 4. The molecule has 0 aromatic heterocycles. The predicted molar refractivity (Wildman–Crippen MR) is 377 cm³/mol. The highest BCUT2D eigenvalue weighted by atomic mass is 31.2. The molecule has 2 unspecified atom stereocenters. The Labute approximate surface area is 568 Å². The maximum Gasteiger partial charge on any atom is 0.472 e. The molecule has 0 aromatic carbocycles. The molecule has 0 heterocycles. The van der Waals surface area contributed by atoms with Gasteiger partial charge in [-0.05, 0) is 31.6 Å². The third-order valence-electron chi connectivity index (χ3n) is 17.3. The Kier molecular flexibility index (Phi) is 65.9. The van der Waals surface area contributed by atoms with Crippen LogP contribution < -0.4 is 0 Å². The lowest BCUT2D eigenvalue weighted by molar-refractivity contribution is -0.161. The molecule has 0 rings (SSSR count). The fourth-order valence-corrected chi connectivity index (χ4v) is 12.9. The number of phosphoric acid groups is 2. The summed E-state index contributed by atoms with van der Waals surface area (Å²) in [6.45, 7) is 7.19. The molecule has 0 spiro atoms. The Morgan fingerprint density at radius 1 is 0.290 bits per heavy atom. The number of esters is 4. The van der Waals surface area contributed by atoms with Gasteiger partial charge in [-0.1, -0.05) is 336 Å². The van der Waals surface area contributed by atoms with Gasteiger partial charge >= 0.3 is 39.5 Å². The van der Waals surface area contributed by atoms with Gasteiger partial charge in [-0.2, -0.15) is 0 Å². The number of carbonyl (C=O) groups is 4. The molecule has 0 amide bonds. The average molecular weight is 1370 g/mol. The normalized spacial score (nSPS) is 14.0. The van der Waals surface area contributed by atoms with Gasteiger partial charge in [0.15, 0.2) is 12.2 Å². The number of phosphoric ester groups is 2. The first-order valence-electron chi connectivity index (χ1n) is 38.6. The van der Waals surface area contributed by atoms with Gasteiger partial charge in [-0.3, -0.25) is 37.3 Å². The van der Waals surface area contributed by atoms with Crippen LogP contribution in [0.4, 0.5) is 0 Å². The fourth-order valence-electron chi connectivity index (χ4n) is 11.4. The number of unbranched alkanes of at least 4 members (excludes halogenated alkanes) is 46. The molecule has 0 bridgehead atoms. The standard InChI is InChI=1S/C74H144O17P2/c1-6-9-12-15-17-19-21-23-25-27-28-30-32-36-40-44-49-54-59-74(79)91-70(64-85-72(77)58-53-48-43-39-35-31-29-26-24-22-20-18-16-13-10-7-2)66-89-93(82,83)87-62-68(75)61-86-92(80,81)88-65-69(63-84-71(76)57-52-46-14-11-8-3)90-73(78)60-55-50-45-41-37-33-34-38-42-47-51-56-67(4)5/h67-70,75H,6-66H2,1-5H3,(H,80,81)(H,82,83)/t68-,69+,70+/m0/s1. The number of hydrogen-bond acceptors (Lipinski definition) is 15. The van der Waals surface area contributed by atoms with E-state index in [0.29, 0.717) is 25.7 Å². The van der Waals surface area contributed by atoms with Crippen molar-refractivity contribution in [1.29, 1.82) is 0 Å². The fraction of sp³-hybridized carbons (Fsp3) is 0.946. The highest BCUT2D eigenvalue weighted by Gasteiger charge is 2.30. The maximum atomic E-state index is 13.1. The van der Waals surface area contributed by atoms with E-state index in [1.165, 1.54) is 205 Å². The molecule has 19 heteroatoms. The highest BCUT2D eigenvalue weighted by molar-refractivity contribution is 7.47.